The quantitative estimate of drug-likeness (QED) is 0.0724. The van der Waals surface area contributed by atoms with E-state index in [1.54, 1.807) is 0 Å². The van der Waals surface area contributed by atoms with E-state index in [4.69, 9.17) is 4.74 Å². The van der Waals surface area contributed by atoms with Crippen molar-refractivity contribution in [2.45, 2.75) is 193 Å². The summed E-state index contributed by atoms with van der Waals surface area (Å²) in [6.45, 7) is 9.11. The normalized spacial score (nSPS) is 21.0. The maximum absolute atomic E-state index is 7.46. The molecular weight excluding hydrogens is 689 g/mol. The highest BCUT2D eigenvalue weighted by molar-refractivity contribution is 5.38. The average Bonchev–Trinajstić information content (AvgIpc) is 3.27. The van der Waals surface area contributed by atoms with Gasteiger partial charge in [-0.25, -0.2) is 0 Å². The van der Waals surface area contributed by atoms with Crippen molar-refractivity contribution in [3.05, 3.63) is 142 Å². The van der Waals surface area contributed by atoms with E-state index in [-0.39, 0.29) is 12.2 Å². The zero-order valence-corrected chi connectivity index (χ0v) is 36.7. The lowest BCUT2D eigenvalue weighted by Crippen LogP contribution is -2.15. The van der Waals surface area contributed by atoms with E-state index in [1.807, 2.05) is 0 Å². The number of benzene rings is 4. The van der Waals surface area contributed by atoms with Gasteiger partial charge in [-0.3, -0.25) is 0 Å². The van der Waals surface area contributed by atoms with Crippen LogP contribution in [-0.2, 0) is 17.6 Å². The zero-order chi connectivity index (χ0) is 39.7. The number of rotatable bonds is 22. The summed E-state index contributed by atoms with van der Waals surface area (Å²) in [5, 5.41) is 0. The zero-order valence-electron chi connectivity index (χ0n) is 36.7. The van der Waals surface area contributed by atoms with Crippen LogP contribution in [0.5, 0.6) is 0 Å². The van der Waals surface area contributed by atoms with Gasteiger partial charge in [0.15, 0.2) is 0 Å². The predicted octanol–water partition coefficient (Wildman–Crippen LogP) is 17.0. The molecule has 0 radical (unpaired) electrons. The third-order valence-electron chi connectivity index (χ3n) is 14.2. The summed E-state index contributed by atoms with van der Waals surface area (Å²) in [6.07, 6.45) is 29.6. The minimum absolute atomic E-state index is 0.166. The van der Waals surface area contributed by atoms with Gasteiger partial charge in [0.05, 0.1) is 0 Å². The second-order valence-electron chi connectivity index (χ2n) is 18.3. The van der Waals surface area contributed by atoms with Crippen LogP contribution in [0.2, 0.25) is 0 Å². The van der Waals surface area contributed by atoms with Gasteiger partial charge in [-0.05, 0) is 132 Å². The first-order chi connectivity index (χ1) is 28.1. The lowest BCUT2D eigenvalue weighted by Gasteiger charge is -2.30. The van der Waals surface area contributed by atoms with E-state index < -0.39 is 0 Å². The number of unbranched alkanes of at least 4 members (excludes halogenated alkanes) is 8. The van der Waals surface area contributed by atoms with Gasteiger partial charge in [-0.15, -0.1) is 0 Å². The molecule has 2 aliphatic carbocycles. The molecule has 2 atom stereocenters. The molecule has 1 heteroatoms. The highest BCUT2D eigenvalue weighted by Crippen LogP contribution is 2.42. The Bertz CT molecular complexity index is 1520. The van der Waals surface area contributed by atoms with Gasteiger partial charge in [0, 0.05) is 0 Å². The maximum atomic E-state index is 7.46. The summed E-state index contributed by atoms with van der Waals surface area (Å²) in [5.41, 5.74) is 10.7. The van der Waals surface area contributed by atoms with Gasteiger partial charge in [0.1, 0.15) is 12.2 Å². The SMILES string of the molecule is CCCCCCCC1CCC(c2ccc(C(OC(c3ccc(CC)cc3)c3ccc(C4CCC(CCCCCCC)CC4)cc3)c3ccc(CC)cc3)cc2)CC1. The molecule has 1 nitrogen and oxygen atoms in total. The summed E-state index contributed by atoms with van der Waals surface area (Å²) in [7, 11) is 0. The molecule has 0 aromatic heterocycles. The summed E-state index contributed by atoms with van der Waals surface area (Å²) < 4.78 is 7.46. The van der Waals surface area contributed by atoms with Crippen molar-refractivity contribution < 1.29 is 4.74 Å². The van der Waals surface area contributed by atoms with Gasteiger partial charge in [-0.1, -0.05) is 202 Å². The van der Waals surface area contributed by atoms with Gasteiger partial charge >= 0.3 is 0 Å². The molecule has 4 aromatic rings. The van der Waals surface area contributed by atoms with Crippen LogP contribution >= 0.6 is 0 Å². The minimum atomic E-state index is -0.166. The Hall–Kier alpha value is -3.16. The fraction of sp³-hybridized carbons (Fsp3) is 0.571. The summed E-state index contributed by atoms with van der Waals surface area (Å²) >= 11 is 0. The van der Waals surface area contributed by atoms with Crippen molar-refractivity contribution in [3.8, 4) is 0 Å². The number of aryl methyl sites for hydroxylation is 2. The van der Waals surface area contributed by atoms with Crippen molar-refractivity contribution in [1.82, 2.24) is 0 Å². The fourth-order valence-electron chi connectivity index (χ4n) is 10.2. The molecule has 0 heterocycles. The van der Waals surface area contributed by atoms with Crippen LogP contribution in [0, 0.1) is 11.8 Å². The van der Waals surface area contributed by atoms with E-state index in [1.165, 1.54) is 173 Å². The third-order valence-corrected chi connectivity index (χ3v) is 14.2. The van der Waals surface area contributed by atoms with Crippen LogP contribution in [0.15, 0.2) is 97.1 Å². The van der Waals surface area contributed by atoms with Gasteiger partial charge in [-0.2, -0.15) is 0 Å². The van der Waals surface area contributed by atoms with E-state index >= 15 is 0 Å². The van der Waals surface area contributed by atoms with Gasteiger partial charge in [0.2, 0.25) is 0 Å². The Labute approximate surface area is 349 Å². The molecule has 4 aromatic carbocycles. The van der Waals surface area contributed by atoms with Crippen LogP contribution in [0.4, 0.5) is 0 Å². The molecule has 2 unspecified atom stereocenters. The van der Waals surface area contributed by atoms with E-state index in [2.05, 4.69) is 125 Å². The standard InChI is InChI=1S/C56H78O/c1-5-9-11-13-15-17-45-23-27-47(28-24-45)49-35-39-53(40-36-49)55(51-31-19-43(7-3)20-32-51)57-56(52-33-21-44(8-4)22-34-52)54-41-37-50(38-42-54)48-29-25-46(26-30-48)18-16-14-12-10-6-2/h19-22,31-42,45-48,55-56H,5-18,23-30H2,1-4H3. The fourth-order valence-corrected chi connectivity index (χ4v) is 10.2. The summed E-state index contributed by atoms with van der Waals surface area (Å²) in [5.74, 6) is 3.25. The van der Waals surface area contributed by atoms with Crippen molar-refractivity contribution in [2.24, 2.45) is 11.8 Å². The van der Waals surface area contributed by atoms with Crippen LogP contribution < -0.4 is 0 Å². The van der Waals surface area contributed by atoms with Crippen molar-refractivity contribution in [2.75, 3.05) is 0 Å². The molecule has 0 N–H and O–H groups in total. The van der Waals surface area contributed by atoms with Crippen molar-refractivity contribution in [1.29, 1.82) is 0 Å². The Morgan fingerprint density at radius 3 is 1.02 bits per heavy atom. The van der Waals surface area contributed by atoms with Gasteiger partial charge < -0.3 is 4.74 Å². The molecule has 2 aliphatic rings. The van der Waals surface area contributed by atoms with E-state index in [0.29, 0.717) is 11.8 Å². The minimum Gasteiger partial charge on any atom is -0.356 e. The number of hydrogen-bond donors (Lipinski definition) is 0. The lowest BCUT2D eigenvalue weighted by molar-refractivity contribution is 0.0308. The maximum Gasteiger partial charge on any atom is 0.109 e. The molecule has 2 saturated carbocycles. The number of hydrogen-bond acceptors (Lipinski definition) is 1. The summed E-state index contributed by atoms with van der Waals surface area (Å²) in [4.78, 5) is 0. The van der Waals surface area contributed by atoms with E-state index in [9.17, 15) is 0 Å². The van der Waals surface area contributed by atoms with Crippen molar-refractivity contribution in [3.63, 3.8) is 0 Å². The molecule has 0 amide bonds. The van der Waals surface area contributed by atoms with E-state index in [0.717, 1.165) is 24.7 Å². The Kier molecular flexibility index (Phi) is 17.9. The molecule has 0 spiro atoms. The summed E-state index contributed by atoms with van der Waals surface area (Å²) in [6, 6.07) is 37.7. The second kappa shape index (κ2) is 23.4. The average molecular weight is 767 g/mol. The monoisotopic (exact) mass is 767 g/mol. The Morgan fingerprint density at radius 1 is 0.386 bits per heavy atom. The molecular formula is C56H78O. The Morgan fingerprint density at radius 2 is 0.702 bits per heavy atom. The van der Waals surface area contributed by atoms with Gasteiger partial charge in [0.25, 0.3) is 0 Å². The van der Waals surface area contributed by atoms with Crippen LogP contribution in [0.3, 0.4) is 0 Å². The third kappa shape index (κ3) is 12.9. The van der Waals surface area contributed by atoms with Crippen LogP contribution in [0.1, 0.15) is 225 Å². The smallest absolute Gasteiger partial charge is 0.109 e. The highest BCUT2D eigenvalue weighted by atomic mass is 16.5. The first-order valence-corrected chi connectivity index (χ1v) is 24.1. The molecule has 57 heavy (non-hydrogen) atoms. The molecule has 6 rings (SSSR count). The van der Waals surface area contributed by atoms with Crippen LogP contribution in [0.25, 0.3) is 0 Å². The second-order valence-corrected chi connectivity index (χ2v) is 18.3. The molecule has 308 valence electrons. The topological polar surface area (TPSA) is 9.23 Å². The molecule has 0 aliphatic heterocycles. The first-order valence-electron chi connectivity index (χ1n) is 24.1. The van der Waals surface area contributed by atoms with Crippen molar-refractivity contribution >= 4 is 0 Å². The highest BCUT2D eigenvalue weighted by Gasteiger charge is 2.27. The predicted molar refractivity (Wildman–Crippen MR) is 245 cm³/mol. The number of ether oxygens (including phenoxy) is 1. The molecule has 0 bridgehead atoms. The largest absolute Gasteiger partial charge is 0.356 e. The first kappa shape index (κ1) is 43.4. The molecule has 0 saturated heterocycles. The molecule has 2 fully saturated rings. The van der Waals surface area contributed by atoms with Crippen LogP contribution in [-0.4, -0.2) is 0 Å². The lowest BCUT2D eigenvalue weighted by atomic mass is 9.77. The Balaban J connectivity index is 1.17.